The molecule has 0 spiro atoms. The van der Waals surface area contributed by atoms with E-state index in [0.717, 1.165) is 18.2 Å². The number of rotatable bonds is 7. The fourth-order valence-electron chi connectivity index (χ4n) is 2.63. The minimum atomic E-state index is -4.53. The van der Waals surface area contributed by atoms with Crippen LogP contribution >= 0.6 is 0 Å². The summed E-state index contributed by atoms with van der Waals surface area (Å²) in [5, 5.41) is 12.8. The van der Waals surface area contributed by atoms with Gasteiger partial charge in [-0.1, -0.05) is 24.3 Å². The molecule has 1 atom stereocenters. The largest absolute Gasteiger partial charge is 0.768 e. The van der Waals surface area contributed by atoms with Crippen LogP contribution in [-0.4, -0.2) is 26.7 Å². The van der Waals surface area contributed by atoms with Crippen LogP contribution < -0.4 is 10.4 Å². The van der Waals surface area contributed by atoms with Gasteiger partial charge in [0.25, 0.3) is 15.8 Å². The van der Waals surface area contributed by atoms with Crippen molar-refractivity contribution >= 4 is 43.9 Å². The first-order valence-electron chi connectivity index (χ1n) is 8.24. The third-order valence-electron chi connectivity index (χ3n) is 3.97. The molecule has 0 radical (unpaired) electrons. The molecule has 2 N–H and O–H groups in total. The predicted octanol–water partition coefficient (Wildman–Crippen LogP) is 3.24. The lowest BCUT2D eigenvalue weighted by molar-refractivity contribution is -0.384. The lowest BCUT2D eigenvalue weighted by Gasteiger charge is -2.27. The van der Waals surface area contributed by atoms with Gasteiger partial charge in [0.15, 0.2) is 0 Å². The third kappa shape index (κ3) is 4.80. The first kappa shape index (κ1) is 21.4. The Balaban J connectivity index is 2.21. The Morgan fingerprint density at radius 1 is 1.00 bits per heavy atom. The van der Waals surface area contributed by atoms with E-state index in [1.165, 1.54) is 29.3 Å². The van der Waals surface area contributed by atoms with Gasteiger partial charge in [0.2, 0.25) is 0 Å². The molecule has 0 aromatic heterocycles. The minimum Gasteiger partial charge on any atom is -0.768 e. The van der Waals surface area contributed by atoms with Gasteiger partial charge < -0.3 is 4.55 Å². The standard InChI is InChI=1S/C18H15N3O7S2/c22-21(23)18-12-15(29(24)25)9-10-17(18)20(19-13-5-2-1-3-6-13)14-7-4-8-16(11-14)30(26,27)28/h1-12,19H,(H,24,25)(H,26,27,28)/p-1. The number of nitrogens with one attached hydrogen (secondary N) is 1. The van der Waals surface area contributed by atoms with E-state index < -0.39 is 36.7 Å². The number of anilines is 3. The maximum atomic E-state index is 11.6. The van der Waals surface area contributed by atoms with Crippen LogP contribution in [0.5, 0.6) is 0 Å². The second-order valence-corrected chi connectivity index (χ2v) is 8.29. The van der Waals surface area contributed by atoms with Crippen molar-refractivity contribution in [2.24, 2.45) is 0 Å². The summed E-state index contributed by atoms with van der Waals surface area (Å²) in [6, 6.07) is 16.9. The second kappa shape index (κ2) is 8.59. The molecule has 0 saturated heterocycles. The van der Waals surface area contributed by atoms with Crippen LogP contribution in [0.15, 0.2) is 82.6 Å². The molecule has 30 heavy (non-hydrogen) atoms. The van der Waals surface area contributed by atoms with Crippen molar-refractivity contribution in [1.29, 1.82) is 0 Å². The summed E-state index contributed by atoms with van der Waals surface area (Å²) in [4.78, 5) is 10.2. The first-order valence-corrected chi connectivity index (χ1v) is 10.8. The predicted molar refractivity (Wildman–Crippen MR) is 109 cm³/mol. The van der Waals surface area contributed by atoms with Crippen molar-refractivity contribution in [3.05, 3.63) is 82.9 Å². The molecule has 3 aromatic carbocycles. The SMILES string of the molecule is O=[N+]([O-])c1cc(S(=O)[O-])ccc1N(Nc1ccccc1)c1cccc(S(=O)(=O)O)c1. The molecular formula is C18H14N3O7S2-. The quantitative estimate of drug-likeness (QED) is 0.240. The van der Waals surface area contributed by atoms with Crippen LogP contribution in [0, 0.1) is 10.1 Å². The van der Waals surface area contributed by atoms with E-state index in [-0.39, 0.29) is 16.3 Å². The molecule has 0 aliphatic rings. The smallest absolute Gasteiger partial charge is 0.295 e. The van der Waals surface area contributed by atoms with Gasteiger partial charge in [-0.2, -0.15) is 8.42 Å². The van der Waals surface area contributed by atoms with Crippen LogP contribution in [0.3, 0.4) is 0 Å². The van der Waals surface area contributed by atoms with Crippen LogP contribution in [0.2, 0.25) is 0 Å². The number of nitrogens with zero attached hydrogens (tertiary/aromatic N) is 2. The topological polar surface area (TPSA) is 153 Å². The van der Waals surface area contributed by atoms with E-state index in [4.69, 9.17) is 0 Å². The van der Waals surface area contributed by atoms with Crippen molar-refractivity contribution < 1.29 is 26.7 Å². The molecular weight excluding hydrogens is 434 g/mol. The van der Waals surface area contributed by atoms with E-state index in [1.807, 2.05) is 0 Å². The number of hydrogen-bond acceptors (Lipinski definition) is 8. The highest BCUT2D eigenvalue weighted by Gasteiger charge is 2.23. The van der Waals surface area contributed by atoms with E-state index in [1.54, 1.807) is 30.3 Å². The monoisotopic (exact) mass is 448 g/mol. The number of hydrazine groups is 1. The van der Waals surface area contributed by atoms with Crippen molar-refractivity contribution in [3.63, 3.8) is 0 Å². The molecule has 0 amide bonds. The van der Waals surface area contributed by atoms with Gasteiger partial charge in [0.1, 0.15) is 5.69 Å². The summed E-state index contributed by atoms with van der Waals surface area (Å²) in [5.74, 6) is 0. The zero-order valence-electron chi connectivity index (χ0n) is 15.0. The van der Waals surface area contributed by atoms with E-state index in [9.17, 15) is 31.8 Å². The highest BCUT2D eigenvalue weighted by molar-refractivity contribution is 7.85. The maximum absolute atomic E-state index is 11.6. The fraction of sp³-hybridized carbons (Fsp3) is 0. The van der Waals surface area contributed by atoms with Gasteiger partial charge in [-0.25, -0.2) is 5.01 Å². The van der Waals surface area contributed by atoms with Crippen molar-refractivity contribution in [2.45, 2.75) is 9.79 Å². The first-order chi connectivity index (χ1) is 14.2. The number of hydrogen-bond donors (Lipinski definition) is 2. The van der Waals surface area contributed by atoms with Crippen molar-refractivity contribution in [1.82, 2.24) is 0 Å². The molecule has 3 aromatic rings. The Labute approximate surface area is 173 Å². The van der Waals surface area contributed by atoms with Crippen LogP contribution in [0.1, 0.15) is 0 Å². The highest BCUT2D eigenvalue weighted by Crippen LogP contribution is 2.36. The lowest BCUT2D eigenvalue weighted by atomic mass is 10.2. The molecule has 10 nitrogen and oxygen atoms in total. The molecule has 0 heterocycles. The molecule has 0 saturated carbocycles. The molecule has 0 aliphatic carbocycles. The average molecular weight is 448 g/mol. The Bertz CT molecular complexity index is 1220. The number of nitro groups is 1. The number of para-hydroxylation sites is 1. The molecule has 3 rings (SSSR count). The highest BCUT2D eigenvalue weighted by atomic mass is 32.2. The Kier molecular flexibility index (Phi) is 6.12. The Morgan fingerprint density at radius 2 is 1.70 bits per heavy atom. The van der Waals surface area contributed by atoms with Crippen molar-refractivity contribution in [3.8, 4) is 0 Å². The molecule has 12 heteroatoms. The van der Waals surface area contributed by atoms with E-state index in [2.05, 4.69) is 5.43 Å². The Morgan fingerprint density at radius 3 is 2.30 bits per heavy atom. The number of benzene rings is 3. The summed E-state index contributed by atoms with van der Waals surface area (Å²) in [7, 11) is -4.53. The second-order valence-electron chi connectivity index (χ2n) is 5.93. The van der Waals surface area contributed by atoms with Crippen LogP contribution in [-0.2, 0) is 21.2 Å². The third-order valence-corrected chi connectivity index (χ3v) is 5.45. The summed E-state index contributed by atoms with van der Waals surface area (Å²) < 4.78 is 54.9. The minimum absolute atomic E-state index is 0.0504. The summed E-state index contributed by atoms with van der Waals surface area (Å²) in [6.07, 6.45) is 0. The van der Waals surface area contributed by atoms with Gasteiger partial charge in [-0.05, 0) is 53.5 Å². The molecule has 0 aliphatic heterocycles. The molecule has 156 valence electrons. The van der Waals surface area contributed by atoms with Crippen LogP contribution in [0.4, 0.5) is 22.7 Å². The normalized spacial score (nSPS) is 12.2. The van der Waals surface area contributed by atoms with Gasteiger partial charge >= 0.3 is 0 Å². The molecule has 1 unspecified atom stereocenters. The molecule has 0 fully saturated rings. The Hall–Kier alpha value is -3.32. The maximum Gasteiger partial charge on any atom is 0.295 e. The van der Waals surface area contributed by atoms with Gasteiger partial charge in [-0.3, -0.25) is 24.3 Å². The number of nitro benzene ring substituents is 1. The van der Waals surface area contributed by atoms with E-state index in [0.29, 0.717) is 5.69 Å². The molecule has 0 bridgehead atoms. The summed E-state index contributed by atoms with van der Waals surface area (Å²) in [5.41, 5.74) is 3.01. The van der Waals surface area contributed by atoms with Gasteiger partial charge in [0.05, 0.1) is 21.2 Å². The average Bonchev–Trinajstić information content (AvgIpc) is 2.72. The van der Waals surface area contributed by atoms with Crippen molar-refractivity contribution in [2.75, 3.05) is 10.4 Å². The van der Waals surface area contributed by atoms with Gasteiger partial charge in [0, 0.05) is 11.0 Å². The zero-order chi connectivity index (χ0) is 21.9. The fourth-order valence-corrected chi connectivity index (χ4v) is 3.54. The lowest BCUT2D eigenvalue weighted by Crippen LogP contribution is -2.25. The summed E-state index contributed by atoms with van der Waals surface area (Å²) in [6.45, 7) is 0. The summed E-state index contributed by atoms with van der Waals surface area (Å²) >= 11 is -2.68. The van der Waals surface area contributed by atoms with E-state index >= 15 is 0 Å². The van der Waals surface area contributed by atoms with Gasteiger partial charge in [-0.15, -0.1) is 0 Å². The van der Waals surface area contributed by atoms with Crippen LogP contribution in [0.25, 0.3) is 0 Å². The zero-order valence-corrected chi connectivity index (χ0v) is 16.7.